The van der Waals surface area contributed by atoms with Gasteiger partial charge in [-0.15, -0.1) is 0 Å². The lowest BCUT2D eigenvalue weighted by Crippen LogP contribution is -2.26. The molecule has 1 aliphatic rings. The maximum atomic E-state index is 11.8. The van der Waals surface area contributed by atoms with Crippen molar-refractivity contribution in [3.05, 3.63) is 57.8 Å². The van der Waals surface area contributed by atoms with Crippen LogP contribution in [0.5, 0.6) is 0 Å². The highest BCUT2D eigenvalue weighted by Crippen LogP contribution is 2.29. The molecule has 1 aromatic heterocycles. The molecule has 1 aromatic carbocycles. The molecule has 1 aliphatic heterocycles. The van der Waals surface area contributed by atoms with Gasteiger partial charge in [-0.3, -0.25) is 4.79 Å². The number of thiophene rings is 1. The number of rotatable bonds is 5. The first-order valence-electron chi connectivity index (χ1n) is 7.63. The summed E-state index contributed by atoms with van der Waals surface area (Å²) in [5.74, 6) is -0.198. The Morgan fingerprint density at radius 3 is 3.13 bits per heavy atom. The largest absolute Gasteiger partial charge is 0.387 e. The normalized spacial score (nSPS) is 15.0. The van der Waals surface area contributed by atoms with Crippen molar-refractivity contribution in [1.29, 1.82) is 0 Å². The predicted octanol–water partition coefficient (Wildman–Crippen LogP) is 2.60. The van der Waals surface area contributed by atoms with Crippen LogP contribution in [-0.2, 0) is 11.2 Å². The first kappa shape index (κ1) is 15.8. The summed E-state index contributed by atoms with van der Waals surface area (Å²) in [4.78, 5) is 14.0. The van der Waals surface area contributed by atoms with E-state index in [1.54, 1.807) is 17.4 Å². The predicted molar refractivity (Wildman–Crippen MR) is 94.7 cm³/mol. The molecule has 120 valence electrons. The number of aliphatic hydroxyl groups excluding tert-OH is 1. The van der Waals surface area contributed by atoms with E-state index in [-0.39, 0.29) is 12.5 Å². The van der Waals surface area contributed by atoms with Crippen LogP contribution in [0, 0.1) is 0 Å². The van der Waals surface area contributed by atoms with E-state index in [9.17, 15) is 9.90 Å². The summed E-state index contributed by atoms with van der Waals surface area (Å²) < 4.78 is 0. The lowest BCUT2D eigenvalue weighted by molar-refractivity contribution is -0.116. The number of carbonyl (C=O) groups is 1. The number of fused-ring (bicyclic) bond motifs is 1. The van der Waals surface area contributed by atoms with Crippen LogP contribution in [0.2, 0.25) is 0 Å². The second-order valence-electron chi connectivity index (χ2n) is 5.71. The van der Waals surface area contributed by atoms with E-state index in [1.807, 2.05) is 35.0 Å². The SMILES string of the molecule is CN1CCc2cc(C(O)CNC(=O)C=Cc3ccsc3)ccc21. The molecule has 1 amide bonds. The van der Waals surface area contributed by atoms with Crippen molar-refractivity contribution in [2.24, 2.45) is 0 Å². The van der Waals surface area contributed by atoms with Gasteiger partial charge < -0.3 is 15.3 Å². The topological polar surface area (TPSA) is 52.6 Å². The van der Waals surface area contributed by atoms with Gasteiger partial charge in [-0.25, -0.2) is 0 Å². The highest BCUT2D eigenvalue weighted by molar-refractivity contribution is 7.08. The Kier molecular flexibility index (Phi) is 4.79. The smallest absolute Gasteiger partial charge is 0.244 e. The van der Waals surface area contributed by atoms with Crippen molar-refractivity contribution in [2.45, 2.75) is 12.5 Å². The summed E-state index contributed by atoms with van der Waals surface area (Å²) >= 11 is 1.59. The molecule has 1 atom stereocenters. The Balaban J connectivity index is 1.55. The minimum absolute atomic E-state index is 0.198. The number of carbonyl (C=O) groups excluding carboxylic acids is 1. The minimum Gasteiger partial charge on any atom is -0.387 e. The molecule has 0 spiro atoms. The number of aliphatic hydroxyl groups is 1. The summed E-state index contributed by atoms with van der Waals surface area (Å²) in [6, 6.07) is 7.96. The van der Waals surface area contributed by atoms with E-state index in [2.05, 4.69) is 17.3 Å². The molecule has 23 heavy (non-hydrogen) atoms. The summed E-state index contributed by atoms with van der Waals surface area (Å²) in [6.45, 7) is 1.22. The van der Waals surface area contributed by atoms with Gasteiger partial charge in [-0.05, 0) is 52.1 Å². The number of nitrogens with zero attached hydrogens (tertiary/aromatic N) is 1. The van der Waals surface area contributed by atoms with Gasteiger partial charge in [0.25, 0.3) is 0 Å². The fourth-order valence-corrected chi connectivity index (χ4v) is 3.34. The first-order valence-corrected chi connectivity index (χ1v) is 8.58. The number of nitrogens with one attached hydrogen (secondary N) is 1. The Morgan fingerprint density at radius 1 is 1.48 bits per heavy atom. The molecule has 1 unspecified atom stereocenters. The van der Waals surface area contributed by atoms with E-state index in [1.165, 1.54) is 17.3 Å². The fourth-order valence-electron chi connectivity index (χ4n) is 2.71. The van der Waals surface area contributed by atoms with Gasteiger partial charge in [0.05, 0.1) is 6.10 Å². The van der Waals surface area contributed by atoms with Crippen LogP contribution in [0.4, 0.5) is 5.69 Å². The van der Waals surface area contributed by atoms with Crippen LogP contribution in [0.25, 0.3) is 6.08 Å². The number of hydrogen-bond acceptors (Lipinski definition) is 4. The van der Waals surface area contributed by atoms with Gasteiger partial charge >= 0.3 is 0 Å². The van der Waals surface area contributed by atoms with Crippen molar-refractivity contribution in [3.8, 4) is 0 Å². The third-order valence-electron chi connectivity index (χ3n) is 4.06. The maximum absolute atomic E-state index is 11.8. The van der Waals surface area contributed by atoms with E-state index >= 15 is 0 Å². The van der Waals surface area contributed by atoms with Crippen LogP contribution in [0.1, 0.15) is 22.8 Å². The molecule has 3 rings (SSSR count). The van der Waals surface area contributed by atoms with Gasteiger partial charge in [0.2, 0.25) is 5.91 Å². The van der Waals surface area contributed by atoms with Crippen molar-refractivity contribution in [2.75, 3.05) is 25.0 Å². The average Bonchev–Trinajstić information content (AvgIpc) is 3.20. The molecular formula is C18H20N2O2S. The minimum atomic E-state index is -0.690. The zero-order valence-electron chi connectivity index (χ0n) is 13.0. The maximum Gasteiger partial charge on any atom is 0.244 e. The molecule has 2 heterocycles. The first-order chi connectivity index (χ1) is 11.1. The standard InChI is InChI=1S/C18H20N2O2S/c1-20-8-6-14-10-15(3-4-16(14)20)17(21)11-19-18(22)5-2-13-7-9-23-12-13/h2-5,7,9-10,12,17,21H,6,8,11H2,1H3,(H,19,22). The molecule has 0 radical (unpaired) electrons. The van der Waals surface area contributed by atoms with Crippen molar-refractivity contribution < 1.29 is 9.90 Å². The number of benzene rings is 1. The van der Waals surface area contributed by atoms with Gasteiger partial charge in [0, 0.05) is 31.9 Å². The van der Waals surface area contributed by atoms with Gasteiger partial charge in [0.1, 0.15) is 0 Å². The monoisotopic (exact) mass is 328 g/mol. The second kappa shape index (κ2) is 6.98. The van der Waals surface area contributed by atoms with Gasteiger partial charge in [0.15, 0.2) is 0 Å². The highest BCUT2D eigenvalue weighted by Gasteiger charge is 2.17. The Labute approximate surface area is 140 Å². The van der Waals surface area contributed by atoms with E-state index in [0.29, 0.717) is 0 Å². The van der Waals surface area contributed by atoms with E-state index in [4.69, 9.17) is 0 Å². The lowest BCUT2D eigenvalue weighted by atomic mass is 10.0. The Morgan fingerprint density at radius 2 is 2.35 bits per heavy atom. The van der Waals surface area contributed by atoms with Crippen molar-refractivity contribution >= 4 is 29.0 Å². The quantitative estimate of drug-likeness (QED) is 0.830. The fraction of sp³-hybridized carbons (Fsp3) is 0.278. The second-order valence-corrected chi connectivity index (χ2v) is 6.49. The van der Waals surface area contributed by atoms with Crippen LogP contribution in [0.3, 0.4) is 0 Å². The number of amides is 1. The number of hydrogen-bond donors (Lipinski definition) is 2. The Bertz CT molecular complexity index is 710. The molecule has 5 heteroatoms. The van der Waals surface area contributed by atoms with Crippen molar-refractivity contribution in [1.82, 2.24) is 5.32 Å². The molecule has 0 bridgehead atoms. The lowest BCUT2D eigenvalue weighted by Gasteiger charge is -2.15. The molecular weight excluding hydrogens is 308 g/mol. The highest BCUT2D eigenvalue weighted by atomic mass is 32.1. The van der Waals surface area contributed by atoms with Gasteiger partial charge in [-0.1, -0.05) is 12.1 Å². The molecule has 2 aromatic rings. The van der Waals surface area contributed by atoms with Crippen LogP contribution >= 0.6 is 11.3 Å². The van der Waals surface area contributed by atoms with Crippen LogP contribution < -0.4 is 10.2 Å². The van der Waals surface area contributed by atoms with Gasteiger partial charge in [-0.2, -0.15) is 11.3 Å². The van der Waals surface area contributed by atoms with E-state index < -0.39 is 6.10 Å². The summed E-state index contributed by atoms with van der Waals surface area (Å²) in [7, 11) is 2.07. The molecule has 2 N–H and O–H groups in total. The summed E-state index contributed by atoms with van der Waals surface area (Å²) in [5.41, 5.74) is 4.34. The molecule has 0 aliphatic carbocycles. The zero-order chi connectivity index (χ0) is 16.2. The molecule has 0 fully saturated rings. The third kappa shape index (κ3) is 3.81. The number of anilines is 1. The zero-order valence-corrected chi connectivity index (χ0v) is 13.8. The van der Waals surface area contributed by atoms with Crippen LogP contribution in [-0.4, -0.2) is 31.2 Å². The van der Waals surface area contributed by atoms with Crippen molar-refractivity contribution in [3.63, 3.8) is 0 Å². The van der Waals surface area contributed by atoms with Crippen LogP contribution in [0.15, 0.2) is 41.1 Å². The molecule has 4 nitrogen and oxygen atoms in total. The molecule has 0 saturated heterocycles. The Hall–Kier alpha value is -2.11. The summed E-state index contributed by atoms with van der Waals surface area (Å²) in [5, 5.41) is 16.9. The molecule has 0 saturated carbocycles. The third-order valence-corrected chi connectivity index (χ3v) is 4.76. The summed E-state index contributed by atoms with van der Waals surface area (Å²) in [6.07, 6.45) is 3.57. The number of likely N-dealkylation sites (N-methyl/N-ethyl adjacent to an activating group) is 1. The average molecular weight is 328 g/mol. The van der Waals surface area contributed by atoms with E-state index in [0.717, 1.165) is 24.1 Å².